The molecule has 2 aromatic carbocycles. The second kappa shape index (κ2) is 7.96. The monoisotopic (exact) mass is 449 g/mol. The lowest BCUT2D eigenvalue weighted by Gasteiger charge is -2.29. The standard InChI is InChI=1S/C20H15F4N5O3/c21-12-4-3-5-13(10-12)27-8-9-28-17(18(27)31)26-29(19(28)32)11-16(30)25-15-7-2-1-6-14(15)20(22,23)24/h1-10,17,26H,11H2,(H,25,30). The number of rotatable bonds is 4. The van der Waals surface area contributed by atoms with Crippen molar-refractivity contribution in [1.82, 2.24) is 15.3 Å². The van der Waals surface area contributed by atoms with E-state index in [9.17, 15) is 31.9 Å². The molecule has 166 valence electrons. The van der Waals surface area contributed by atoms with Gasteiger partial charge < -0.3 is 5.32 Å². The predicted molar refractivity (Wildman–Crippen MR) is 104 cm³/mol. The largest absolute Gasteiger partial charge is 0.418 e. The SMILES string of the molecule is O=C(CN1NC2C(=O)N(c3cccc(F)c3)C=CN2C1=O)Nc1ccccc1C(F)(F)F. The van der Waals surface area contributed by atoms with E-state index in [4.69, 9.17) is 0 Å². The highest BCUT2D eigenvalue weighted by Crippen LogP contribution is 2.34. The van der Waals surface area contributed by atoms with Crippen molar-refractivity contribution in [2.75, 3.05) is 16.8 Å². The summed E-state index contributed by atoms with van der Waals surface area (Å²) in [6.45, 7) is -0.654. The minimum Gasteiger partial charge on any atom is -0.324 e. The van der Waals surface area contributed by atoms with E-state index in [-0.39, 0.29) is 5.69 Å². The molecule has 1 saturated heterocycles. The van der Waals surface area contributed by atoms with E-state index >= 15 is 0 Å². The first-order chi connectivity index (χ1) is 15.1. The van der Waals surface area contributed by atoms with Gasteiger partial charge >= 0.3 is 12.2 Å². The zero-order valence-corrected chi connectivity index (χ0v) is 16.1. The molecule has 0 bridgehead atoms. The number of halogens is 4. The summed E-state index contributed by atoms with van der Waals surface area (Å²) in [7, 11) is 0. The van der Waals surface area contributed by atoms with Gasteiger partial charge in [-0.1, -0.05) is 18.2 Å². The van der Waals surface area contributed by atoms with Crippen molar-refractivity contribution < 1.29 is 31.9 Å². The maximum absolute atomic E-state index is 13.5. The number of carbonyl (C=O) groups is 3. The quantitative estimate of drug-likeness (QED) is 0.704. The van der Waals surface area contributed by atoms with E-state index in [1.807, 2.05) is 0 Å². The third kappa shape index (κ3) is 3.99. The van der Waals surface area contributed by atoms with E-state index in [1.165, 1.54) is 42.7 Å². The molecule has 32 heavy (non-hydrogen) atoms. The molecule has 1 fully saturated rings. The highest BCUT2D eigenvalue weighted by Gasteiger charge is 2.45. The number of nitrogens with zero attached hydrogens (tertiary/aromatic N) is 3. The Kier molecular flexibility index (Phi) is 5.30. The molecule has 2 aliphatic heterocycles. The van der Waals surface area contributed by atoms with Crippen LogP contribution >= 0.6 is 0 Å². The summed E-state index contributed by atoms with van der Waals surface area (Å²) in [5, 5.41) is 2.94. The average Bonchev–Trinajstić information content (AvgIpc) is 3.04. The highest BCUT2D eigenvalue weighted by atomic mass is 19.4. The third-order valence-electron chi connectivity index (χ3n) is 4.75. The van der Waals surface area contributed by atoms with E-state index in [0.717, 1.165) is 33.0 Å². The molecule has 2 heterocycles. The minimum atomic E-state index is -4.68. The van der Waals surface area contributed by atoms with E-state index in [2.05, 4.69) is 10.7 Å². The Bertz CT molecular complexity index is 1120. The molecule has 0 saturated carbocycles. The first-order valence-corrected chi connectivity index (χ1v) is 9.24. The van der Waals surface area contributed by atoms with Gasteiger partial charge in [-0.05, 0) is 30.3 Å². The number of alkyl halides is 3. The number of benzene rings is 2. The second-order valence-electron chi connectivity index (χ2n) is 6.89. The maximum Gasteiger partial charge on any atom is 0.418 e. The summed E-state index contributed by atoms with van der Waals surface area (Å²) < 4.78 is 52.8. The van der Waals surface area contributed by atoms with Crippen molar-refractivity contribution >= 4 is 29.2 Å². The van der Waals surface area contributed by atoms with Gasteiger partial charge in [-0.2, -0.15) is 18.6 Å². The normalized spacial score (nSPS) is 18.2. The van der Waals surface area contributed by atoms with Crippen LogP contribution in [0, 0.1) is 5.82 Å². The highest BCUT2D eigenvalue weighted by molar-refractivity contribution is 6.03. The van der Waals surface area contributed by atoms with Gasteiger partial charge in [-0.25, -0.2) is 14.2 Å². The zero-order chi connectivity index (χ0) is 23.0. The van der Waals surface area contributed by atoms with E-state index in [0.29, 0.717) is 0 Å². The number of amides is 4. The molecule has 12 heteroatoms. The fourth-order valence-corrected chi connectivity index (χ4v) is 3.31. The van der Waals surface area contributed by atoms with E-state index in [1.54, 1.807) is 0 Å². The van der Waals surface area contributed by atoms with Crippen LogP contribution < -0.4 is 15.6 Å². The lowest BCUT2D eigenvalue weighted by atomic mass is 10.1. The van der Waals surface area contributed by atoms with Crippen LogP contribution in [0.2, 0.25) is 0 Å². The van der Waals surface area contributed by atoms with Gasteiger partial charge in [0.2, 0.25) is 5.91 Å². The number of urea groups is 1. The molecule has 1 atom stereocenters. The van der Waals surface area contributed by atoms with Gasteiger partial charge in [0.25, 0.3) is 5.91 Å². The first-order valence-electron chi connectivity index (χ1n) is 9.24. The van der Waals surface area contributed by atoms with Gasteiger partial charge in [0, 0.05) is 12.4 Å². The van der Waals surface area contributed by atoms with E-state index < -0.39 is 53.8 Å². The molecule has 2 N–H and O–H groups in total. The van der Waals surface area contributed by atoms with Crippen LogP contribution in [-0.2, 0) is 15.8 Å². The van der Waals surface area contributed by atoms with Crippen molar-refractivity contribution in [2.45, 2.75) is 12.3 Å². The molecular weight excluding hydrogens is 434 g/mol. The number of anilines is 2. The fourth-order valence-electron chi connectivity index (χ4n) is 3.31. The molecule has 2 aromatic rings. The van der Waals surface area contributed by atoms with Crippen molar-refractivity contribution in [3.8, 4) is 0 Å². The first kappa shape index (κ1) is 21.3. The summed E-state index contributed by atoms with van der Waals surface area (Å²) in [4.78, 5) is 39.8. The molecular formula is C20H15F4N5O3. The molecule has 2 aliphatic rings. The fraction of sp³-hybridized carbons (Fsp3) is 0.150. The smallest absolute Gasteiger partial charge is 0.324 e. The van der Waals surface area contributed by atoms with Crippen molar-refractivity contribution in [1.29, 1.82) is 0 Å². The minimum absolute atomic E-state index is 0.236. The van der Waals surface area contributed by atoms with Gasteiger partial charge in [-0.3, -0.25) is 19.4 Å². The van der Waals surface area contributed by atoms with Crippen LogP contribution in [0.15, 0.2) is 60.9 Å². The molecule has 0 aromatic heterocycles. The number of fused-ring (bicyclic) bond motifs is 1. The van der Waals surface area contributed by atoms with Gasteiger partial charge in [0.05, 0.1) is 16.9 Å². The van der Waals surface area contributed by atoms with Crippen LogP contribution in [-0.4, -0.2) is 40.5 Å². The maximum atomic E-state index is 13.5. The lowest BCUT2D eigenvalue weighted by molar-refractivity contribution is -0.137. The summed E-state index contributed by atoms with van der Waals surface area (Å²) in [5.74, 6) is -2.07. The molecule has 4 amide bonds. The van der Waals surface area contributed by atoms with Gasteiger partial charge in [-0.15, -0.1) is 0 Å². The predicted octanol–water partition coefficient (Wildman–Crippen LogP) is 2.87. The van der Waals surface area contributed by atoms with Crippen molar-refractivity contribution in [2.24, 2.45) is 0 Å². The van der Waals surface area contributed by atoms with Crippen LogP contribution in [0.3, 0.4) is 0 Å². The number of hydrogen-bond donors (Lipinski definition) is 2. The van der Waals surface area contributed by atoms with Crippen LogP contribution in [0.1, 0.15) is 5.56 Å². The summed E-state index contributed by atoms with van der Waals surface area (Å²) >= 11 is 0. The number of hydrazine groups is 1. The molecule has 8 nitrogen and oxygen atoms in total. The summed E-state index contributed by atoms with van der Waals surface area (Å²) in [6.07, 6.45) is -3.32. The summed E-state index contributed by atoms with van der Waals surface area (Å²) in [6, 6.07) is 8.94. The molecule has 0 spiro atoms. The van der Waals surface area contributed by atoms with Gasteiger partial charge in [0.15, 0.2) is 6.17 Å². The molecule has 0 radical (unpaired) electrons. The Hall–Kier alpha value is -3.93. The van der Waals surface area contributed by atoms with Crippen LogP contribution in [0.4, 0.5) is 33.7 Å². The van der Waals surface area contributed by atoms with Crippen molar-refractivity contribution in [3.63, 3.8) is 0 Å². The number of hydrogen-bond acceptors (Lipinski definition) is 4. The van der Waals surface area contributed by atoms with Gasteiger partial charge in [0.1, 0.15) is 12.4 Å². The van der Waals surface area contributed by atoms with Crippen LogP contribution in [0.25, 0.3) is 0 Å². The molecule has 1 unspecified atom stereocenters. The Morgan fingerprint density at radius 1 is 1.06 bits per heavy atom. The lowest BCUT2D eigenvalue weighted by Crippen LogP contribution is -2.52. The molecule has 0 aliphatic carbocycles. The Morgan fingerprint density at radius 3 is 2.53 bits per heavy atom. The Balaban J connectivity index is 1.46. The second-order valence-corrected chi connectivity index (χ2v) is 6.89. The zero-order valence-electron chi connectivity index (χ0n) is 16.1. The number of para-hydroxylation sites is 1. The number of carbonyl (C=O) groups excluding carboxylic acids is 3. The summed E-state index contributed by atoms with van der Waals surface area (Å²) in [5.41, 5.74) is 1.31. The third-order valence-corrected chi connectivity index (χ3v) is 4.75. The number of nitrogens with one attached hydrogen (secondary N) is 2. The Labute approximate surface area is 178 Å². The average molecular weight is 449 g/mol. The van der Waals surface area contributed by atoms with Crippen LogP contribution in [0.5, 0.6) is 0 Å². The Morgan fingerprint density at radius 2 is 1.81 bits per heavy atom. The topological polar surface area (TPSA) is 85.0 Å². The molecule has 4 rings (SSSR count). The van der Waals surface area contributed by atoms with Crippen molar-refractivity contribution in [3.05, 3.63) is 72.3 Å².